The number of rotatable bonds is 11. The summed E-state index contributed by atoms with van der Waals surface area (Å²) < 4.78 is 1.57. The number of amides is 3. The minimum absolute atomic E-state index is 0.0611. The van der Waals surface area contributed by atoms with E-state index < -0.39 is 23.6 Å². The summed E-state index contributed by atoms with van der Waals surface area (Å²) in [6, 6.07) is 6.47. The van der Waals surface area contributed by atoms with Crippen molar-refractivity contribution in [3.05, 3.63) is 36.0 Å². The van der Waals surface area contributed by atoms with Crippen LogP contribution in [0.25, 0.3) is 11.1 Å². The normalized spacial score (nSPS) is 12.5. The summed E-state index contributed by atoms with van der Waals surface area (Å²) in [7, 11) is 1.73. The fourth-order valence-corrected chi connectivity index (χ4v) is 4.08. The Morgan fingerprint density at radius 1 is 1.08 bits per heavy atom. The lowest BCUT2D eigenvalue weighted by atomic mass is 9.85. The molecule has 0 aliphatic heterocycles. The topological polar surface area (TPSA) is 134 Å². The van der Waals surface area contributed by atoms with Gasteiger partial charge < -0.3 is 15.7 Å². The summed E-state index contributed by atoms with van der Waals surface area (Å²) >= 11 is 0. The van der Waals surface area contributed by atoms with Crippen LogP contribution >= 0.6 is 0 Å². The number of nitrogens with zero attached hydrogens (tertiary/aromatic N) is 3. The van der Waals surface area contributed by atoms with E-state index in [4.69, 9.17) is 0 Å². The number of hydrogen-bond donors (Lipinski definition) is 3. The Balaban J connectivity index is 2.21. The van der Waals surface area contributed by atoms with Gasteiger partial charge >= 0.3 is 6.09 Å². The molecule has 3 N–H and O–H groups in total. The summed E-state index contributed by atoms with van der Waals surface area (Å²) in [6.07, 6.45) is 2.10. The lowest BCUT2D eigenvalue weighted by molar-refractivity contribution is -0.129. The van der Waals surface area contributed by atoms with E-state index in [-0.39, 0.29) is 30.1 Å². The quantitative estimate of drug-likeness (QED) is 0.405. The minimum atomic E-state index is -1.10. The Morgan fingerprint density at radius 3 is 2.18 bits per heavy atom. The van der Waals surface area contributed by atoms with Gasteiger partial charge in [0.2, 0.25) is 11.8 Å². The number of hydrogen-bond acceptors (Lipinski definition) is 5. The average molecular weight is 528 g/mol. The Hall–Kier alpha value is -3.69. The number of ketones is 1. The van der Waals surface area contributed by atoms with Gasteiger partial charge in [-0.15, -0.1) is 0 Å². The predicted octanol–water partition coefficient (Wildman–Crippen LogP) is 3.93. The fourth-order valence-electron chi connectivity index (χ4n) is 4.08. The molecule has 1 aromatic carbocycles. The highest BCUT2D eigenvalue weighted by Gasteiger charge is 2.32. The van der Waals surface area contributed by atoms with Crippen molar-refractivity contribution in [3.63, 3.8) is 0 Å². The highest BCUT2D eigenvalue weighted by Crippen LogP contribution is 2.33. The lowest BCUT2D eigenvalue weighted by Gasteiger charge is -2.32. The summed E-state index contributed by atoms with van der Waals surface area (Å²) in [4.78, 5) is 50.2. The summed E-state index contributed by atoms with van der Waals surface area (Å²) in [6.45, 7) is 12.7. The Bertz CT molecular complexity index is 1160. The number of aryl methyl sites for hydroxylation is 1. The molecule has 2 aromatic rings. The maximum absolute atomic E-state index is 12.8. The van der Waals surface area contributed by atoms with Gasteiger partial charge in [0.1, 0.15) is 6.04 Å². The fraction of sp³-hybridized carbons (Fsp3) is 0.536. The van der Waals surface area contributed by atoms with Crippen molar-refractivity contribution >= 4 is 29.5 Å². The molecule has 0 aliphatic carbocycles. The smallest absolute Gasteiger partial charge is 0.413 e. The van der Waals surface area contributed by atoms with Crippen molar-refractivity contribution in [2.24, 2.45) is 12.5 Å². The van der Waals surface area contributed by atoms with Crippen LogP contribution in [0.2, 0.25) is 0 Å². The number of carbonyl (C=O) groups excluding carboxylic acids is 3. The Labute approximate surface area is 224 Å². The molecule has 2 rings (SSSR count). The first-order valence-electron chi connectivity index (χ1n) is 12.8. The van der Waals surface area contributed by atoms with Crippen LogP contribution in [0, 0.1) is 5.41 Å². The average Bonchev–Trinajstić information content (AvgIpc) is 3.16. The molecule has 0 fully saturated rings. The van der Waals surface area contributed by atoms with Crippen LogP contribution in [-0.4, -0.2) is 56.7 Å². The largest absolute Gasteiger partial charge is 0.465 e. The van der Waals surface area contributed by atoms with E-state index in [1.54, 1.807) is 38.7 Å². The maximum atomic E-state index is 12.8. The van der Waals surface area contributed by atoms with E-state index in [9.17, 15) is 24.3 Å². The molecular weight excluding hydrogens is 486 g/mol. The van der Waals surface area contributed by atoms with Crippen LogP contribution in [0.3, 0.4) is 0 Å². The van der Waals surface area contributed by atoms with Crippen LogP contribution in [0.5, 0.6) is 0 Å². The first kappa shape index (κ1) is 30.5. The van der Waals surface area contributed by atoms with Crippen molar-refractivity contribution < 1.29 is 24.3 Å². The zero-order valence-corrected chi connectivity index (χ0v) is 23.7. The number of carboxylic acid groups (broad SMARTS) is 1. The van der Waals surface area contributed by atoms with E-state index in [1.807, 2.05) is 45.0 Å². The third-order valence-corrected chi connectivity index (χ3v) is 6.37. The van der Waals surface area contributed by atoms with Crippen molar-refractivity contribution in [1.29, 1.82) is 0 Å². The number of aromatic nitrogens is 2. The number of benzene rings is 1. The molecule has 0 spiro atoms. The van der Waals surface area contributed by atoms with Gasteiger partial charge in [-0.25, -0.2) is 4.79 Å². The maximum Gasteiger partial charge on any atom is 0.413 e. The lowest BCUT2D eigenvalue weighted by Crippen LogP contribution is -2.48. The molecule has 1 atom stereocenters. The summed E-state index contributed by atoms with van der Waals surface area (Å²) in [5, 5.41) is 19.6. The highest BCUT2D eigenvalue weighted by atomic mass is 16.4. The molecule has 10 nitrogen and oxygen atoms in total. The van der Waals surface area contributed by atoms with Gasteiger partial charge in [-0.2, -0.15) is 5.10 Å². The monoisotopic (exact) mass is 527 g/mol. The Kier molecular flexibility index (Phi) is 9.83. The molecule has 1 aromatic heterocycles. The summed E-state index contributed by atoms with van der Waals surface area (Å²) in [5.74, 6) is -0.513. The van der Waals surface area contributed by atoms with Gasteiger partial charge in [0.05, 0.1) is 6.54 Å². The highest BCUT2D eigenvalue weighted by molar-refractivity contribution is 5.92. The van der Waals surface area contributed by atoms with Crippen LogP contribution in [0.15, 0.2) is 30.5 Å². The van der Waals surface area contributed by atoms with Gasteiger partial charge in [0.25, 0.3) is 0 Å². The Morgan fingerprint density at radius 2 is 1.68 bits per heavy atom. The van der Waals surface area contributed by atoms with E-state index in [0.717, 1.165) is 17.5 Å². The molecule has 0 saturated carbocycles. The van der Waals surface area contributed by atoms with E-state index in [0.29, 0.717) is 17.8 Å². The number of anilines is 1. The van der Waals surface area contributed by atoms with Crippen LogP contribution < -0.4 is 15.5 Å². The third kappa shape index (κ3) is 8.43. The van der Waals surface area contributed by atoms with Gasteiger partial charge in [-0.05, 0) is 37.3 Å². The molecule has 1 heterocycles. The van der Waals surface area contributed by atoms with E-state index in [1.165, 1.54) is 11.8 Å². The standard InChI is InChI=1S/C28H41N5O5/c1-9-28(6,7)15-21(35)16-29-25(36)23(30-18(2)34)14-19-10-12-20(13-11-19)22-17-32(8)31-24(22)33(26(37)38)27(3,4)5/h10-13,17,23H,9,14-16H2,1-8H3,(H,29,36)(H,30,34)(H,37,38). The van der Waals surface area contributed by atoms with Gasteiger partial charge in [0.15, 0.2) is 11.6 Å². The van der Waals surface area contributed by atoms with E-state index >= 15 is 0 Å². The molecule has 10 heteroatoms. The van der Waals surface area contributed by atoms with Gasteiger partial charge in [0, 0.05) is 44.1 Å². The number of nitrogens with one attached hydrogen (secondary N) is 2. The first-order chi connectivity index (χ1) is 17.5. The van der Waals surface area contributed by atoms with Crippen LogP contribution in [-0.2, 0) is 27.9 Å². The second-order valence-corrected chi connectivity index (χ2v) is 11.4. The number of carbonyl (C=O) groups is 4. The zero-order valence-electron chi connectivity index (χ0n) is 23.7. The molecular formula is C28H41N5O5. The molecule has 0 radical (unpaired) electrons. The zero-order chi connectivity index (χ0) is 28.8. The SMILES string of the molecule is CCC(C)(C)CC(=O)CNC(=O)C(Cc1ccc(-c2cn(C)nc2N(C(=O)O)C(C)(C)C)cc1)NC(C)=O. The molecule has 0 saturated heterocycles. The molecule has 1 unspecified atom stereocenters. The minimum Gasteiger partial charge on any atom is -0.465 e. The van der Waals surface area contributed by atoms with Crippen molar-refractivity contribution in [2.45, 2.75) is 79.3 Å². The second-order valence-electron chi connectivity index (χ2n) is 11.4. The third-order valence-electron chi connectivity index (χ3n) is 6.37. The molecule has 0 aliphatic rings. The van der Waals surface area contributed by atoms with Crippen LogP contribution in [0.4, 0.5) is 10.6 Å². The molecule has 0 bridgehead atoms. The van der Waals surface area contributed by atoms with Crippen molar-refractivity contribution in [3.8, 4) is 11.1 Å². The second kappa shape index (κ2) is 12.2. The number of Topliss-reactive ketones (excluding diaryl/α,β-unsaturated/α-hetero) is 1. The molecule has 208 valence electrons. The molecule has 38 heavy (non-hydrogen) atoms. The first-order valence-corrected chi connectivity index (χ1v) is 12.8. The van der Waals surface area contributed by atoms with E-state index in [2.05, 4.69) is 15.7 Å². The summed E-state index contributed by atoms with van der Waals surface area (Å²) in [5.41, 5.74) is 1.36. The van der Waals surface area contributed by atoms with Crippen LogP contribution in [0.1, 0.15) is 66.9 Å². The van der Waals surface area contributed by atoms with Gasteiger partial charge in [-0.1, -0.05) is 51.5 Å². The predicted molar refractivity (Wildman–Crippen MR) is 147 cm³/mol. The van der Waals surface area contributed by atoms with Gasteiger partial charge in [-0.3, -0.25) is 24.0 Å². The van der Waals surface area contributed by atoms with Crippen molar-refractivity contribution in [2.75, 3.05) is 11.4 Å². The van der Waals surface area contributed by atoms with Crippen molar-refractivity contribution in [1.82, 2.24) is 20.4 Å². The molecule has 3 amide bonds.